The molecule has 21 heavy (non-hydrogen) atoms. The molecule has 1 aromatic rings. The zero-order chi connectivity index (χ0) is 14.5. The van der Waals surface area contributed by atoms with E-state index in [0.717, 1.165) is 38.8 Å². The van der Waals surface area contributed by atoms with Crippen molar-refractivity contribution in [3.63, 3.8) is 0 Å². The molecule has 2 aliphatic rings. The molecule has 1 aliphatic heterocycles. The van der Waals surface area contributed by atoms with E-state index in [1.165, 1.54) is 19.3 Å². The maximum Gasteiger partial charge on any atom is 0.248 e. The fourth-order valence-corrected chi connectivity index (χ4v) is 3.47. The van der Waals surface area contributed by atoms with E-state index >= 15 is 0 Å². The molecular formula is C16H25N3O2. The molecule has 1 amide bonds. The van der Waals surface area contributed by atoms with Crippen LogP contribution in [0, 0.1) is 0 Å². The van der Waals surface area contributed by atoms with Crippen LogP contribution in [0.1, 0.15) is 44.9 Å². The van der Waals surface area contributed by atoms with Gasteiger partial charge >= 0.3 is 0 Å². The standard InChI is InChI=1S/C16H25N3O2/c20-16(13-21-15-7-1-2-8-15)19-11-4-3-6-14(19)12-18-10-5-9-17-18/h5,9-10,14-15H,1-4,6-8,11-13H2. The van der Waals surface area contributed by atoms with Crippen molar-refractivity contribution < 1.29 is 9.53 Å². The van der Waals surface area contributed by atoms with Gasteiger partial charge in [-0.1, -0.05) is 12.8 Å². The summed E-state index contributed by atoms with van der Waals surface area (Å²) in [5.74, 6) is 0.152. The summed E-state index contributed by atoms with van der Waals surface area (Å²) >= 11 is 0. The third-order valence-corrected chi connectivity index (χ3v) is 4.65. The van der Waals surface area contributed by atoms with Crippen LogP contribution in [0.5, 0.6) is 0 Å². The number of aromatic nitrogens is 2. The largest absolute Gasteiger partial charge is 0.368 e. The van der Waals surface area contributed by atoms with Crippen LogP contribution >= 0.6 is 0 Å². The lowest BCUT2D eigenvalue weighted by atomic mass is 10.0. The van der Waals surface area contributed by atoms with E-state index in [9.17, 15) is 4.79 Å². The van der Waals surface area contributed by atoms with Crippen LogP contribution in [0.25, 0.3) is 0 Å². The van der Waals surface area contributed by atoms with Crippen LogP contribution in [0.15, 0.2) is 18.5 Å². The molecular weight excluding hydrogens is 266 g/mol. The van der Waals surface area contributed by atoms with Crippen molar-refractivity contribution in [1.29, 1.82) is 0 Å². The van der Waals surface area contributed by atoms with Crippen molar-refractivity contribution in [3.8, 4) is 0 Å². The second kappa shape index (κ2) is 7.07. The summed E-state index contributed by atoms with van der Waals surface area (Å²) in [6.07, 6.45) is 12.1. The summed E-state index contributed by atoms with van der Waals surface area (Å²) in [5.41, 5.74) is 0. The topological polar surface area (TPSA) is 47.4 Å². The van der Waals surface area contributed by atoms with Crippen LogP contribution in [0.4, 0.5) is 0 Å². The summed E-state index contributed by atoms with van der Waals surface area (Å²) < 4.78 is 7.71. The van der Waals surface area contributed by atoms with Crippen LogP contribution in [-0.4, -0.2) is 45.9 Å². The Labute approximate surface area is 126 Å². The van der Waals surface area contributed by atoms with Gasteiger partial charge in [0.05, 0.1) is 18.7 Å². The molecule has 1 saturated heterocycles. The summed E-state index contributed by atoms with van der Waals surface area (Å²) in [6.45, 7) is 1.90. The monoisotopic (exact) mass is 291 g/mol. The molecule has 3 rings (SSSR count). The van der Waals surface area contributed by atoms with Gasteiger partial charge in [-0.05, 0) is 38.2 Å². The molecule has 1 aliphatic carbocycles. The SMILES string of the molecule is O=C(COC1CCCC1)N1CCCCC1Cn1cccn1. The second-order valence-electron chi connectivity index (χ2n) is 6.18. The van der Waals surface area contributed by atoms with Crippen molar-refractivity contribution in [3.05, 3.63) is 18.5 Å². The molecule has 1 atom stereocenters. The van der Waals surface area contributed by atoms with Gasteiger partial charge in [0, 0.05) is 18.9 Å². The van der Waals surface area contributed by atoms with E-state index in [1.807, 2.05) is 21.8 Å². The van der Waals surface area contributed by atoms with Crippen molar-refractivity contribution in [2.75, 3.05) is 13.2 Å². The quantitative estimate of drug-likeness (QED) is 0.836. The molecule has 116 valence electrons. The lowest BCUT2D eigenvalue weighted by Crippen LogP contribution is -2.47. The van der Waals surface area contributed by atoms with E-state index in [2.05, 4.69) is 5.10 Å². The van der Waals surface area contributed by atoms with Gasteiger partial charge in [-0.2, -0.15) is 5.10 Å². The number of nitrogens with zero attached hydrogens (tertiary/aromatic N) is 3. The number of hydrogen-bond acceptors (Lipinski definition) is 3. The average molecular weight is 291 g/mol. The lowest BCUT2D eigenvalue weighted by molar-refractivity contribution is -0.142. The van der Waals surface area contributed by atoms with Crippen LogP contribution in [0.2, 0.25) is 0 Å². The summed E-state index contributed by atoms with van der Waals surface area (Å²) in [5, 5.41) is 4.26. The van der Waals surface area contributed by atoms with Crippen LogP contribution < -0.4 is 0 Å². The number of rotatable bonds is 5. The molecule has 5 heteroatoms. The summed E-state index contributed by atoms with van der Waals surface area (Å²) in [6, 6.07) is 2.19. The molecule has 1 unspecified atom stereocenters. The van der Waals surface area contributed by atoms with Gasteiger partial charge in [0.2, 0.25) is 5.91 Å². The molecule has 2 heterocycles. The fraction of sp³-hybridized carbons (Fsp3) is 0.750. The molecule has 5 nitrogen and oxygen atoms in total. The van der Waals surface area contributed by atoms with Crippen LogP contribution in [-0.2, 0) is 16.1 Å². The molecule has 1 aromatic heterocycles. The predicted octanol–water partition coefficient (Wildman–Crippen LogP) is 2.22. The normalized spacial score (nSPS) is 23.6. The molecule has 1 saturated carbocycles. The van der Waals surface area contributed by atoms with Crippen molar-refractivity contribution in [2.24, 2.45) is 0 Å². The van der Waals surface area contributed by atoms with E-state index in [1.54, 1.807) is 6.20 Å². The Morgan fingerprint density at radius 2 is 2.00 bits per heavy atom. The lowest BCUT2D eigenvalue weighted by Gasteiger charge is -2.36. The molecule has 0 spiro atoms. The number of carbonyl (C=O) groups excluding carboxylic acids is 1. The molecule has 0 aromatic carbocycles. The minimum atomic E-state index is 0.152. The summed E-state index contributed by atoms with van der Waals surface area (Å²) in [4.78, 5) is 14.5. The van der Waals surface area contributed by atoms with Gasteiger partial charge in [-0.25, -0.2) is 0 Å². The third kappa shape index (κ3) is 3.84. The molecule has 0 bridgehead atoms. The zero-order valence-electron chi connectivity index (χ0n) is 12.6. The van der Waals surface area contributed by atoms with Gasteiger partial charge in [-0.3, -0.25) is 9.48 Å². The first-order valence-electron chi connectivity index (χ1n) is 8.21. The number of amides is 1. The first-order valence-corrected chi connectivity index (χ1v) is 8.21. The maximum absolute atomic E-state index is 12.5. The molecule has 0 N–H and O–H groups in total. The highest BCUT2D eigenvalue weighted by atomic mass is 16.5. The van der Waals surface area contributed by atoms with Gasteiger partial charge in [0.15, 0.2) is 0 Å². The van der Waals surface area contributed by atoms with E-state index in [4.69, 9.17) is 4.74 Å². The average Bonchev–Trinajstić information content (AvgIpc) is 3.18. The Kier molecular flexibility index (Phi) is 4.91. The molecule has 0 radical (unpaired) electrons. The first-order chi connectivity index (χ1) is 10.3. The Hall–Kier alpha value is -1.36. The Morgan fingerprint density at radius 1 is 1.19 bits per heavy atom. The van der Waals surface area contributed by atoms with Gasteiger partial charge in [0.25, 0.3) is 0 Å². The fourth-order valence-electron chi connectivity index (χ4n) is 3.47. The minimum absolute atomic E-state index is 0.152. The van der Waals surface area contributed by atoms with Gasteiger partial charge < -0.3 is 9.64 Å². The highest BCUT2D eigenvalue weighted by Crippen LogP contribution is 2.22. The van der Waals surface area contributed by atoms with Crippen LogP contribution in [0.3, 0.4) is 0 Å². The Bertz CT molecular complexity index is 440. The highest BCUT2D eigenvalue weighted by Gasteiger charge is 2.28. The van der Waals surface area contributed by atoms with Crippen molar-refractivity contribution in [2.45, 2.75) is 63.6 Å². The van der Waals surface area contributed by atoms with E-state index < -0.39 is 0 Å². The van der Waals surface area contributed by atoms with Crippen molar-refractivity contribution >= 4 is 5.91 Å². The number of piperidine rings is 1. The Morgan fingerprint density at radius 3 is 2.76 bits per heavy atom. The van der Waals surface area contributed by atoms with Crippen molar-refractivity contribution in [1.82, 2.24) is 14.7 Å². The minimum Gasteiger partial charge on any atom is -0.368 e. The number of ether oxygens (including phenoxy) is 1. The van der Waals surface area contributed by atoms with Gasteiger partial charge in [0.1, 0.15) is 6.61 Å². The van der Waals surface area contributed by atoms with E-state index in [-0.39, 0.29) is 18.6 Å². The number of carbonyl (C=O) groups is 1. The smallest absolute Gasteiger partial charge is 0.248 e. The second-order valence-corrected chi connectivity index (χ2v) is 6.18. The maximum atomic E-state index is 12.5. The predicted molar refractivity (Wildman–Crippen MR) is 79.8 cm³/mol. The summed E-state index contributed by atoms with van der Waals surface area (Å²) in [7, 11) is 0. The van der Waals surface area contributed by atoms with Gasteiger partial charge in [-0.15, -0.1) is 0 Å². The zero-order valence-corrected chi connectivity index (χ0v) is 12.6. The first kappa shape index (κ1) is 14.6. The highest BCUT2D eigenvalue weighted by molar-refractivity contribution is 5.77. The number of likely N-dealkylation sites (tertiary alicyclic amines) is 1. The Balaban J connectivity index is 1.53. The number of hydrogen-bond donors (Lipinski definition) is 0. The third-order valence-electron chi connectivity index (χ3n) is 4.65. The molecule has 2 fully saturated rings. The van der Waals surface area contributed by atoms with E-state index in [0.29, 0.717) is 6.10 Å².